The van der Waals surface area contributed by atoms with Gasteiger partial charge < -0.3 is 14.8 Å². The van der Waals surface area contributed by atoms with E-state index in [4.69, 9.17) is 14.5 Å². The van der Waals surface area contributed by atoms with Gasteiger partial charge in [-0.3, -0.25) is 9.69 Å². The van der Waals surface area contributed by atoms with Crippen LogP contribution in [0.4, 0.5) is 0 Å². The number of hydrogen-bond acceptors (Lipinski definition) is 5. The zero-order valence-electron chi connectivity index (χ0n) is 17.9. The van der Waals surface area contributed by atoms with E-state index in [0.717, 1.165) is 42.7 Å². The van der Waals surface area contributed by atoms with Crippen LogP contribution in [-0.2, 0) is 15.9 Å². The van der Waals surface area contributed by atoms with E-state index in [2.05, 4.69) is 34.5 Å². The van der Waals surface area contributed by atoms with Crippen LogP contribution in [0.25, 0.3) is 10.9 Å². The maximum Gasteiger partial charge on any atom is 0.252 e. The monoisotopic (exact) mass is 419 g/mol. The van der Waals surface area contributed by atoms with Crippen LogP contribution >= 0.6 is 0 Å². The molecule has 0 spiro atoms. The Balaban J connectivity index is 1.51. The third-order valence-corrected chi connectivity index (χ3v) is 5.61. The summed E-state index contributed by atoms with van der Waals surface area (Å²) in [6.07, 6.45) is 0.853. The lowest BCUT2D eigenvalue weighted by molar-refractivity contribution is -0.0315. The highest BCUT2D eigenvalue weighted by atomic mass is 16.5. The van der Waals surface area contributed by atoms with Gasteiger partial charge in [0, 0.05) is 38.7 Å². The molecule has 1 aliphatic heterocycles. The lowest BCUT2D eigenvalue weighted by Gasteiger charge is -2.33. The van der Waals surface area contributed by atoms with Gasteiger partial charge in [-0.15, -0.1) is 0 Å². The highest BCUT2D eigenvalue weighted by Crippen LogP contribution is 2.26. The molecular weight excluding hydrogens is 390 g/mol. The van der Waals surface area contributed by atoms with Crippen LogP contribution in [0.3, 0.4) is 0 Å². The quantitative estimate of drug-likeness (QED) is 0.568. The van der Waals surface area contributed by atoms with E-state index in [1.165, 1.54) is 5.56 Å². The molecule has 0 radical (unpaired) electrons. The van der Waals surface area contributed by atoms with Crippen molar-refractivity contribution in [1.29, 1.82) is 0 Å². The molecule has 162 valence electrons. The molecule has 6 nitrogen and oxygen atoms in total. The topological polar surface area (TPSA) is 63.7 Å². The second-order valence-electron chi connectivity index (χ2n) is 7.76. The smallest absolute Gasteiger partial charge is 0.252 e. The number of carbonyl (C=O) groups is 1. The van der Waals surface area contributed by atoms with Crippen molar-refractivity contribution in [2.45, 2.75) is 12.5 Å². The van der Waals surface area contributed by atoms with Gasteiger partial charge in [0.15, 0.2) is 0 Å². The van der Waals surface area contributed by atoms with E-state index in [9.17, 15) is 4.79 Å². The minimum absolute atomic E-state index is 0.117. The van der Waals surface area contributed by atoms with Crippen LogP contribution in [0.5, 0.6) is 0 Å². The second kappa shape index (κ2) is 10.5. The van der Waals surface area contributed by atoms with Gasteiger partial charge in [0.05, 0.1) is 30.0 Å². The Hall–Kier alpha value is -2.80. The highest BCUT2D eigenvalue weighted by Gasteiger charge is 2.25. The van der Waals surface area contributed by atoms with E-state index in [1.807, 2.05) is 36.4 Å². The summed E-state index contributed by atoms with van der Waals surface area (Å²) in [5.74, 6) is -0.117. The summed E-state index contributed by atoms with van der Waals surface area (Å²) in [6, 6.07) is 20.2. The lowest BCUT2D eigenvalue weighted by Crippen LogP contribution is -2.39. The van der Waals surface area contributed by atoms with Gasteiger partial charge >= 0.3 is 0 Å². The average molecular weight is 420 g/mol. The van der Waals surface area contributed by atoms with Crippen molar-refractivity contribution in [2.24, 2.45) is 0 Å². The number of pyridine rings is 1. The van der Waals surface area contributed by atoms with Crippen LogP contribution in [-0.4, -0.2) is 62.3 Å². The van der Waals surface area contributed by atoms with Crippen LogP contribution in [0.2, 0.25) is 0 Å². The first-order valence-corrected chi connectivity index (χ1v) is 10.8. The van der Waals surface area contributed by atoms with Gasteiger partial charge in [-0.1, -0.05) is 48.5 Å². The molecule has 1 unspecified atom stereocenters. The molecule has 2 aromatic carbocycles. The third kappa shape index (κ3) is 5.47. The van der Waals surface area contributed by atoms with Crippen molar-refractivity contribution in [2.75, 3.05) is 46.5 Å². The number of ether oxygens (including phenoxy) is 2. The molecule has 31 heavy (non-hydrogen) atoms. The summed E-state index contributed by atoms with van der Waals surface area (Å²) in [4.78, 5) is 20.1. The molecule has 1 amide bonds. The minimum atomic E-state index is -0.153. The number of fused-ring (bicyclic) bond motifs is 1. The molecule has 6 heteroatoms. The van der Waals surface area contributed by atoms with E-state index >= 15 is 0 Å². The Kier molecular flexibility index (Phi) is 7.25. The van der Waals surface area contributed by atoms with Crippen LogP contribution in [0.1, 0.15) is 27.7 Å². The Morgan fingerprint density at radius 1 is 1.19 bits per heavy atom. The minimum Gasteiger partial charge on any atom is -0.383 e. The molecule has 1 aromatic heterocycles. The predicted octanol–water partition coefficient (Wildman–Crippen LogP) is 3.23. The van der Waals surface area contributed by atoms with Gasteiger partial charge in [-0.05, 0) is 24.1 Å². The van der Waals surface area contributed by atoms with Crippen molar-refractivity contribution in [3.63, 3.8) is 0 Å². The van der Waals surface area contributed by atoms with Gasteiger partial charge in [0.25, 0.3) is 5.91 Å². The summed E-state index contributed by atoms with van der Waals surface area (Å²) in [5, 5.41) is 3.77. The molecular formula is C25H29N3O3. The summed E-state index contributed by atoms with van der Waals surface area (Å²) in [7, 11) is 1.62. The van der Waals surface area contributed by atoms with E-state index in [-0.39, 0.29) is 12.0 Å². The number of carbonyl (C=O) groups excluding carboxylic acids is 1. The van der Waals surface area contributed by atoms with Crippen molar-refractivity contribution in [3.8, 4) is 0 Å². The van der Waals surface area contributed by atoms with E-state index in [0.29, 0.717) is 25.3 Å². The van der Waals surface area contributed by atoms with Gasteiger partial charge in [-0.2, -0.15) is 0 Å². The maximum absolute atomic E-state index is 12.8. The Morgan fingerprint density at radius 2 is 2.00 bits per heavy atom. The highest BCUT2D eigenvalue weighted by molar-refractivity contribution is 6.06. The largest absolute Gasteiger partial charge is 0.383 e. The summed E-state index contributed by atoms with van der Waals surface area (Å²) in [5.41, 5.74) is 3.58. The number of nitrogens with one attached hydrogen (secondary N) is 1. The molecule has 1 N–H and O–H groups in total. The fourth-order valence-corrected chi connectivity index (χ4v) is 3.93. The molecule has 0 saturated carbocycles. The summed E-state index contributed by atoms with van der Waals surface area (Å²) < 4.78 is 11.1. The normalized spacial score (nSPS) is 17.0. The van der Waals surface area contributed by atoms with Crippen LogP contribution in [0, 0.1) is 0 Å². The molecule has 0 aliphatic carbocycles. The number of aromatic nitrogens is 1. The Morgan fingerprint density at radius 3 is 2.84 bits per heavy atom. The number of methoxy groups -OCH3 is 1. The molecule has 1 atom stereocenters. The first-order valence-electron chi connectivity index (χ1n) is 10.8. The zero-order valence-corrected chi connectivity index (χ0v) is 17.9. The summed E-state index contributed by atoms with van der Waals surface area (Å²) >= 11 is 0. The van der Waals surface area contributed by atoms with Crippen molar-refractivity contribution < 1.29 is 14.3 Å². The molecule has 0 bridgehead atoms. The zero-order chi connectivity index (χ0) is 21.5. The lowest BCUT2D eigenvalue weighted by atomic mass is 10.0. The van der Waals surface area contributed by atoms with Crippen molar-refractivity contribution >= 4 is 16.8 Å². The second-order valence-corrected chi connectivity index (χ2v) is 7.76. The molecule has 1 saturated heterocycles. The number of amides is 1. The van der Waals surface area contributed by atoms with Crippen LogP contribution in [0.15, 0.2) is 60.7 Å². The summed E-state index contributed by atoms with van der Waals surface area (Å²) in [6.45, 7) is 4.24. The number of para-hydroxylation sites is 1. The Bertz CT molecular complexity index is 1010. The number of rotatable bonds is 8. The molecule has 2 heterocycles. The van der Waals surface area contributed by atoms with E-state index < -0.39 is 0 Å². The number of benzene rings is 2. The molecule has 3 aromatic rings. The first kappa shape index (κ1) is 21.4. The number of nitrogens with zero attached hydrogens (tertiary/aromatic N) is 2. The Labute approximate surface area is 183 Å². The third-order valence-electron chi connectivity index (χ3n) is 5.61. The van der Waals surface area contributed by atoms with Gasteiger partial charge in [-0.25, -0.2) is 4.98 Å². The fourth-order valence-electron chi connectivity index (χ4n) is 3.93. The van der Waals surface area contributed by atoms with Gasteiger partial charge in [0.2, 0.25) is 0 Å². The molecule has 1 fully saturated rings. The molecule has 1 aliphatic rings. The van der Waals surface area contributed by atoms with E-state index in [1.54, 1.807) is 7.11 Å². The average Bonchev–Trinajstić information content (AvgIpc) is 2.83. The van der Waals surface area contributed by atoms with Crippen molar-refractivity contribution in [3.05, 3.63) is 77.5 Å². The standard InChI is InChI=1S/C25H29N3O3/c1-30-15-12-26-25(29)21-17-23(27-22-10-6-5-9-20(21)22)24-18-28(14-16-31-24)13-11-19-7-3-2-4-8-19/h2-10,17,24H,11-16,18H2,1H3,(H,26,29). The SMILES string of the molecule is COCCNC(=O)c1cc(C2CN(CCc3ccccc3)CCO2)nc2ccccc12. The number of hydrogen-bond donors (Lipinski definition) is 1. The first-order chi connectivity index (χ1) is 15.2. The van der Waals surface area contributed by atoms with Crippen molar-refractivity contribution in [1.82, 2.24) is 15.2 Å². The number of morpholine rings is 1. The predicted molar refractivity (Wildman–Crippen MR) is 121 cm³/mol. The van der Waals surface area contributed by atoms with Crippen LogP contribution < -0.4 is 5.32 Å². The molecule has 4 rings (SSSR count). The fraction of sp³-hybridized carbons (Fsp3) is 0.360. The van der Waals surface area contributed by atoms with Gasteiger partial charge in [0.1, 0.15) is 6.10 Å². The maximum atomic E-state index is 12.8.